The van der Waals surface area contributed by atoms with Gasteiger partial charge in [-0.05, 0) is 34.1 Å². The Hall–Kier alpha value is -1.47. The summed E-state index contributed by atoms with van der Waals surface area (Å²) in [6.45, 7) is 0.479. The number of nitrogens with zero attached hydrogens (tertiary/aromatic N) is 2. The van der Waals surface area contributed by atoms with Crippen LogP contribution < -0.4 is 5.32 Å². The molecule has 0 saturated heterocycles. The number of carbonyl (C=O) groups is 1. The van der Waals surface area contributed by atoms with Crippen LogP contribution in [0, 0.1) is 0 Å². The van der Waals surface area contributed by atoms with Crippen molar-refractivity contribution in [3.8, 4) is 0 Å². The minimum atomic E-state index is -0.405. The van der Waals surface area contributed by atoms with Crippen LogP contribution in [0.5, 0.6) is 0 Å². The third-order valence-corrected chi connectivity index (χ3v) is 3.63. The number of aromatic nitrogens is 2. The molecule has 0 fully saturated rings. The van der Waals surface area contributed by atoms with Gasteiger partial charge in [0, 0.05) is 15.1 Å². The van der Waals surface area contributed by atoms with Crippen LogP contribution in [0.25, 0.3) is 0 Å². The fourth-order valence-corrected chi connectivity index (χ4v) is 2.99. The van der Waals surface area contributed by atoms with Gasteiger partial charge in [0.25, 0.3) is 0 Å². The molecule has 1 aromatic carbocycles. The van der Waals surface area contributed by atoms with Crippen molar-refractivity contribution >= 4 is 43.5 Å². The first-order valence-corrected chi connectivity index (χ1v) is 7.26. The smallest absolute Gasteiger partial charge is 0.340 e. The fraction of sp³-hybridized carbons (Fsp3) is 0.154. The van der Waals surface area contributed by atoms with E-state index in [4.69, 9.17) is 4.74 Å². The number of hydrogen-bond acceptors (Lipinski definition) is 5. The van der Waals surface area contributed by atoms with Gasteiger partial charge in [-0.15, -0.1) is 0 Å². The number of rotatable bonds is 4. The summed E-state index contributed by atoms with van der Waals surface area (Å²) in [6.07, 6.45) is 3.15. The van der Waals surface area contributed by atoms with E-state index in [0.717, 1.165) is 14.6 Å². The number of anilines is 1. The van der Waals surface area contributed by atoms with E-state index in [1.165, 1.54) is 13.4 Å². The van der Waals surface area contributed by atoms with Crippen molar-refractivity contribution in [3.63, 3.8) is 0 Å². The van der Waals surface area contributed by atoms with Gasteiger partial charge in [0.1, 0.15) is 6.33 Å². The number of carbonyl (C=O) groups excluding carboxylic acids is 1. The number of benzene rings is 1. The first-order valence-electron chi connectivity index (χ1n) is 5.68. The van der Waals surface area contributed by atoms with E-state index in [9.17, 15) is 4.79 Å². The Bertz CT molecular complexity index is 621. The molecule has 2 rings (SSSR count). The Morgan fingerprint density at radius 3 is 2.85 bits per heavy atom. The van der Waals surface area contributed by atoms with Crippen LogP contribution in [0.3, 0.4) is 0 Å². The lowest BCUT2D eigenvalue weighted by Gasteiger charge is -2.13. The van der Waals surface area contributed by atoms with Crippen LogP contribution in [0.2, 0.25) is 0 Å². The average Bonchev–Trinajstić information content (AvgIpc) is 2.46. The molecule has 0 bridgehead atoms. The lowest BCUT2D eigenvalue weighted by atomic mass is 10.1. The first kappa shape index (κ1) is 14.9. The minimum absolute atomic E-state index is 0.405. The molecule has 1 aromatic heterocycles. The molecule has 0 aliphatic carbocycles. The van der Waals surface area contributed by atoms with Crippen LogP contribution in [0.15, 0.2) is 39.7 Å². The average molecular weight is 401 g/mol. The minimum Gasteiger partial charge on any atom is -0.465 e. The Labute approximate surface area is 133 Å². The number of halogens is 2. The van der Waals surface area contributed by atoms with Crippen molar-refractivity contribution in [3.05, 3.63) is 50.9 Å². The summed E-state index contributed by atoms with van der Waals surface area (Å²) in [5.74, 6) is -0.405. The lowest BCUT2D eigenvalue weighted by Crippen LogP contribution is -2.10. The Morgan fingerprint density at radius 2 is 2.20 bits per heavy atom. The summed E-state index contributed by atoms with van der Waals surface area (Å²) in [6, 6.07) is 5.37. The Kier molecular flexibility index (Phi) is 5.08. The summed E-state index contributed by atoms with van der Waals surface area (Å²) in [5.41, 5.74) is 1.94. The van der Waals surface area contributed by atoms with Gasteiger partial charge >= 0.3 is 5.97 Å². The van der Waals surface area contributed by atoms with E-state index in [1.807, 2.05) is 6.07 Å². The van der Waals surface area contributed by atoms with E-state index < -0.39 is 5.97 Å². The molecule has 1 heterocycles. The zero-order valence-electron chi connectivity index (χ0n) is 10.6. The maximum Gasteiger partial charge on any atom is 0.340 e. The number of esters is 1. The molecule has 0 atom stereocenters. The van der Waals surface area contributed by atoms with E-state index in [2.05, 4.69) is 47.1 Å². The van der Waals surface area contributed by atoms with Gasteiger partial charge in [0.2, 0.25) is 0 Å². The second-order valence-electron chi connectivity index (χ2n) is 3.86. The number of hydrogen-bond donors (Lipinski definition) is 1. The standard InChI is InChI=1S/C13H11Br2N3O2/c1-20-13(19)10-4-8(14)5-11(15)12(10)17-6-9-2-3-16-7-18-9/h2-5,7,17H,6H2,1H3. The van der Waals surface area contributed by atoms with Gasteiger partial charge in [0.05, 0.1) is 30.6 Å². The maximum atomic E-state index is 11.8. The summed E-state index contributed by atoms with van der Waals surface area (Å²) in [7, 11) is 1.35. The molecule has 20 heavy (non-hydrogen) atoms. The van der Waals surface area contributed by atoms with Crippen LogP contribution in [0.4, 0.5) is 5.69 Å². The third kappa shape index (κ3) is 3.55. The number of methoxy groups -OCH3 is 1. The topological polar surface area (TPSA) is 64.1 Å². The molecule has 7 heteroatoms. The molecular formula is C13H11Br2N3O2. The summed E-state index contributed by atoms with van der Waals surface area (Å²) >= 11 is 6.79. The molecule has 0 aliphatic rings. The highest BCUT2D eigenvalue weighted by Gasteiger charge is 2.16. The second kappa shape index (κ2) is 6.81. The molecule has 2 aromatic rings. The zero-order chi connectivity index (χ0) is 14.5. The Balaban J connectivity index is 2.28. The lowest BCUT2D eigenvalue weighted by molar-refractivity contribution is 0.0601. The third-order valence-electron chi connectivity index (χ3n) is 2.55. The molecule has 1 N–H and O–H groups in total. The zero-order valence-corrected chi connectivity index (χ0v) is 13.7. The van der Waals surface area contributed by atoms with Crippen molar-refractivity contribution in [1.29, 1.82) is 0 Å². The van der Waals surface area contributed by atoms with E-state index in [0.29, 0.717) is 17.8 Å². The van der Waals surface area contributed by atoms with Gasteiger partial charge in [-0.3, -0.25) is 0 Å². The largest absolute Gasteiger partial charge is 0.465 e. The molecule has 0 aliphatic heterocycles. The summed E-state index contributed by atoms with van der Waals surface area (Å²) in [5, 5.41) is 3.18. The second-order valence-corrected chi connectivity index (χ2v) is 5.63. The highest BCUT2D eigenvalue weighted by Crippen LogP contribution is 2.31. The van der Waals surface area contributed by atoms with E-state index in [-0.39, 0.29) is 0 Å². The normalized spacial score (nSPS) is 10.2. The maximum absolute atomic E-state index is 11.8. The van der Waals surface area contributed by atoms with Gasteiger partial charge in [0.15, 0.2) is 0 Å². The number of ether oxygens (including phenoxy) is 1. The summed E-state index contributed by atoms with van der Waals surface area (Å²) in [4.78, 5) is 19.8. The highest BCUT2D eigenvalue weighted by atomic mass is 79.9. The molecule has 0 unspecified atom stereocenters. The van der Waals surface area contributed by atoms with Crippen molar-refractivity contribution in [2.75, 3.05) is 12.4 Å². The first-order chi connectivity index (χ1) is 9.61. The molecule has 0 amide bonds. The van der Waals surface area contributed by atoms with Crippen LogP contribution in [-0.4, -0.2) is 23.0 Å². The predicted molar refractivity (Wildman–Crippen MR) is 82.5 cm³/mol. The van der Waals surface area contributed by atoms with Gasteiger partial charge < -0.3 is 10.1 Å². The molecule has 0 saturated carbocycles. The quantitative estimate of drug-likeness (QED) is 0.796. The molecule has 5 nitrogen and oxygen atoms in total. The van der Waals surface area contributed by atoms with Gasteiger partial charge in [-0.1, -0.05) is 15.9 Å². The van der Waals surface area contributed by atoms with Gasteiger partial charge in [-0.25, -0.2) is 14.8 Å². The van der Waals surface area contributed by atoms with Crippen LogP contribution >= 0.6 is 31.9 Å². The predicted octanol–water partition coefficient (Wildman–Crippen LogP) is 3.40. The molecular weight excluding hydrogens is 390 g/mol. The van der Waals surface area contributed by atoms with Crippen LogP contribution in [0.1, 0.15) is 16.1 Å². The van der Waals surface area contributed by atoms with Crippen LogP contribution in [-0.2, 0) is 11.3 Å². The summed E-state index contributed by atoms with van der Waals surface area (Å²) < 4.78 is 6.35. The van der Waals surface area contributed by atoms with Crippen molar-refractivity contribution in [2.24, 2.45) is 0 Å². The van der Waals surface area contributed by atoms with Crippen molar-refractivity contribution in [1.82, 2.24) is 9.97 Å². The van der Waals surface area contributed by atoms with E-state index in [1.54, 1.807) is 18.3 Å². The van der Waals surface area contributed by atoms with Crippen molar-refractivity contribution < 1.29 is 9.53 Å². The van der Waals surface area contributed by atoms with E-state index >= 15 is 0 Å². The monoisotopic (exact) mass is 399 g/mol. The Morgan fingerprint density at radius 1 is 1.40 bits per heavy atom. The molecule has 0 spiro atoms. The molecule has 0 radical (unpaired) electrons. The van der Waals surface area contributed by atoms with Crippen molar-refractivity contribution in [2.45, 2.75) is 6.54 Å². The highest BCUT2D eigenvalue weighted by molar-refractivity contribution is 9.11. The number of nitrogens with one attached hydrogen (secondary N) is 1. The van der Waals surface area contributed by atoms with Gasteiger partial charge in [-0.2, -0.15) is 0 Å². The fourth-order valence-electron chi connectivity index (χ4n) is 1.63. The molecule has 104 valence electrons. The SMILES string of the molecule is COC(=O)c1cc(Br)cc(Br)c1NCc1ccncn1.